The van der Waals surface area contributed by atoms with Crippen molar-refractivity contribution in [2.75, 3.05) is 18.0 Å². The van der Waals surface area contributed by atoms with Gasteiger partial charge in [0.25, 0.3) is 0 Å². The van der Waals surface area contributed by atoms with Crippen LogP contribution in [0.15, 0.2) is 27.1 Å². The van der Waals surface area contributed by atoms with Gasteiger partial charge in [0.05, 0.1) is 5.69 Å². The summed E-state index contributed by atoms with van der Waals surface area (Å²) >= 11 is 7.23. The molecule has 1 aromatic rings. The van der Waals surface area contributed by atoms with Crippen molar-refractivity contribution in [2.45, 2.75) is 37.8 Å². The van der Waals surface area contributed by atoms with Gasteiger partial charge in [-0.05, 0) is 59.8 Å². The topological polar surface area (TPSA) is 15.3 Å². The Bertz CT molecular complexity index is 432. The molecule has 1 saturated carbocycles. The third-order valence-corrected chi connectivity index (χ3v) is 4.88. The number of piperidine rings is 1. The molecule has 18 heavy (non-hydrogen) atoms. The van der Waals surface area contributed by atoms with Crippen molar-refractivity contribution in [1.29, 1.82) is 0 Å². The minimum atomic E-state index is 0.664. The Hall–Kier alpha value is -0.0600. The standard InChI is InChI=1S/C14H18Br2N2/c15-10-3-6-13(16)14(8-10)18-7-1-2-12(9-18)17-11-4-5-11/h3,6,8,11-12,17H,1-2,4-5,7,9H2. The Labute approximate surface area is 125 Å². The van der Waals surface area contributed by atoms with Gasteiger partial charge >= 0.3 is 0 Å². The van der Waals surface area contributed by atoms with Crippen LogP contribution in [0.3, 0.4) is 0 Å². The minimum Gasteiger partial charge on any atom is -0.369 e. The van der Waals surface area contributed by atoms with Crippen LogP contribution in [-0.4, -0.2) is 25.2 Å². The lowest BCUT2D eigenvalue weighted by Gasteiger charge is -2.35. The maximum Gasteiger partial charge on any atom is 0.0522 e. The second kappa shape index (κ2) is 5.51. The van der Waals surface area contributed by atoms with Crippen LogP contribution in [0.5, 0.6) is 0 Å². The van der Waals surface area contributed by atoms with Gasteiger partial charge in [-0.3, -0.25) is 0 Å². The average molecular weight is 374 g/mol. The van der Waals surface area contributed by atoms with E-state index < -0.39 is 0 Å². The number of halogens is 2. The van der Waals surface area contributed by atoms with Gasteiger partial charge in [0, 0.05) is 34.1 Å². The van der Waals surface area contributed by atoms with Gasteiger partial charge in [-0.1, -0.05) is 15.9 Å². The van der Waals surface area contributed by atoms with Gasteiger partial charge in [-0.25, -0.2) is 0 Å². The summed E-state index contributed by atoms with van der Waals surface area (Å²) in [5.41, 5.74) is 1.31. The Balaban J connectivity index is 1.72. The van der Waals surface area contributed by atoms with E-state index in [1.54, 1.807) is 0 Å². The summed E-state index contributed by atoms with van der Waals surface area (Å²) in [5, 5.41) is 3.76. The first-order valence-corrected chi connectivity index (χ1v) is 8.27. The highest BCUT2D eigenvalue weighted by molar-refractivity contribution is 9.11. The summed E-state index contributed by atoms with van der Waals surface area (Å²) in [6, 6.07) is 7.89. The third kappa shape index (κ3) is 3.09. The molecule has 1 heterocycles. The summed E-state index contributed by atoms with van der Waals surface area (Å²) in [6.45, 7) is 2.30. The van der Waals surface area contributed by atoms with Crippen molar-refractivity contribution in [3.63, 3.8) is 0 Å². The normalized spacial score (nSPS) is 24.3. The first-order chi connectivity index (χ1) is 8.72. The molecule has 0 radical (unpaired) electrons. The van der Waals surface area contributed by atoms with Crippen LogP contribution in [0.4, 0.5) is 5.69 Å². The van der Waals surface area contributed by atoms with E-state index in [1.807, 2.05) is 0 Å². The number of anilines is 1. The molecule has 98 valence electrons. The van der Waals surface area contributed by atoms with Crippen molar-refractivity contribution in [1.82, 2.24) is 5.32 Å². The zero-order valence-electron chi connectivity index (χ0n) is 10.3. The molecule has 1 N–H and O–H groups in total. The predicted molar refractivity (Wildman–Crippen MR) is 83.2 cm³/mol. The van der Waals surface area contributed by atoms with Crippen LogP contribution < -0.4 is 10.2 Å². The van der Waals surface area contributed by atoms with Crippen LogP contribution >= 0.6 is 31.9 Å². The molecule has 0 spiro atoms. The first-order valence-electron chi connectivity index (χ1n) is 6.68. The second-order valence-corrected chi connectivity index (χ2v) is 7.09. The molecule has 1 saturated heterocycles. The quantitative estimate of drug-likeness (QED) is 0.863. The molecule has 1 atom stereocenters. The van der Waals surface area contributed by atoms with Crippen LogP contribution in [0.25, 0.3) is 0 Å². The third-order valence-electron chi connectivity index (χ3n) is 3.72. The summed E-state index contributed by atoms with van der Waals surface area (Å²) in [5.74, 6) is 0. The Morgan fingerprint density at radius 1 is 1.11 bits per heavy atom. The van der Waals surface area contributed by atoms with Crippen molar-refractivity contribution in [3.05, 3.63) is 27.1 Å². The highest BCUT2D eigenvalue weighted by atomic mass is 79.9. The molecule has 3 rings (SSSR count). The fraction of sp³-hybridized carbons (Fsp3) is 0.571. The summed E-state index contributed by atoms with van der Waals surface area (Å²) in [4.78, 5) is 2.50. The van der Waals surface area contributed by atoms with Crippen molar-refractivity contribution in [3.8, 4) is 0 Å². The Morgan fingerprint density at radius 3 is 2.72 bits per heavy atom. The Morgan fingerprint density at radius 2 is 1.94 bits per heavy atom. The second-order valence-electron chi connectivity index (χ2n) is 5.32. The van der Waals surface area contributed by atoms with Crippen LogP contribution in [0, 0.1) is 0 Å². The van der Waals surface area contributed by atoms with Crippen LogP contribution in [-0.2, 0) is 0 Å². The zero-order valence-corrected chi connectivity index (χ0v) is 13.5. The van der Waals surface area contributed by atoms with Gasteiger partial charge in [0.1, 0.15) is 0 Å². The smallest absolute Gasteiger partial charge is 0.0522 e. The molecular weight excluding hydrogens is 356 g/mol. The molecule has 2 nitrogen and oxygen atoms in total. The number of nitrogens with one attached hydrogen (secondary N) is 1. The SMILES string of the molecule is Brc1ccc(Br)c(N2CCCC(NC3CC3)C2)c1. The van der Waals surface area contributed by atoms with Gasteiger partial charge in [-0.15, -0.1) is 0 Å². The zero-order chi connectivity index (χ0) is 12.5. The highest BCUT2D eigenvalue weighted by Gasteiger charge is 2.28. The lowest BCUT2D eigenvalue weighted by atomic mass is 10.0. The maximum atomic E-state index is 3.76. The largest absolute Gasteiger partial charge is 0.369 e. The monoisotopic (exact) mass is 372 g/mol. The van der Waals surface area contributed by atoms with Crippen molar-refractivity contribution < 1.29 is 0 Å². The van der Waals surface area contributed by atoms with E-state index in [9.17, 15) is 0 Å². The van der Waals surface area contributed by atoms with Crippen LogP contribution in [0.2, 0.25) is 0 Å². The molecule has 1 aliphatic carbocycles. The van der Waals surface area contributed by atoms with Crippen LogP contribution in [0.1, 0.15) is 25.7 Å². The number of rotatable bonds is 3. The molecule has 0 bridgehead atoms. The number of nitrogens with zero attached hydrogens (tertiary/aromatic N) is 1. The van der Waals surface area contributed by atoms with Gasteiger partial charge < -0.3 is 10.2 Å². The molecular formula is C14H18Br2N2. The van der Waals surface area contributed by atoms with E-state index in [2.05, 4.69) is 60.3 Å². The molecule has 0 amide bonds. The number of benzene rings is 1. The predicted octanol–water partition coefficient (Wildman–Crippen LogP) is 3.93. The molecule has 1 aromatic carbocycles. The minimum absolute atomic E-state index is 0.664. The average Bonchev–Trinajstić information content (AvgIpc) is 3.16. The first kappa shape index (κ1) is 12.9. The van der Waals surface area contributed by atoms with Crippen molar-refractivity contribution >= 4 is 37.5 Å². The summed E-state index contributed by atoms with van der Waals surface area (Å²) < 4.78 is 2.34. The van der Waals surface area contributed by atoms with E-state index in [-0.39, 0.29) is 0 Å². The fourth-order valence-electron chi connectivity index (χ4n) is 2.64. The molecule has 1 aliphatic heterocycles. The van der Waals surface area contributed by atoms with E-state index in [0.717, 1.165) is 23.6 Å². The molecule has 2 fully saturated rings. The number of hydrogen-bond acceptors (Lipinski definition) is 2. The molecule has 2 aliphatic rings. The summed E-state index contributed by atoms with van der Waals surface area (Å²) in [6.07, 6.45) is 5.34. The summed E-state index contributed by atoms with van der Waals surface area (Å²) in [7, 11) is 0. The Kier molecular flexibility index (Phi) is 3.97. The number of hydrogen-bond donors (Lipinski definition) is 1. The highest BCUT2D eigenvalue weighted by Crippen LogP contribution is 2.32. The van der Waals surface area contributed by atoms with Crippen molar-refractivity contribution in [2.24, 2.45) is 0 Å². The molecule has 0 aromatic heterocycles. The van der Waals surface area contributed by atoms with E-state index in [0.29, 0.717) is 6.04 Å². The van der Waals surface area contributed by atoms with E-state index >= 15 is 0 Å². The molecule has 1 unspecified atom stereocenters. The van der Waals surface area contributed by atoms with Gasteiger partial charge in [-0.2, -0.15) is 0 Å². The maximum absolute atomic E-state index is 3.76. The van der Waals surface area contributed by atoms with E-state index in [4.69, 9.17) is 0 Å². The molecule has 4 heteroatoms. The van der Waals surface area contributed by atoms with E-state index in [1.165, 1.54) is 35.8 Å². The lowest BCUT2D eigenvalue weighted by molar-refractivity contribution is 0.420. The van der Waals surface area contributed by atoms with Gasteiger partial charge in [0.15, 0.2) is 0 Å². The van der Waals surface area contributed by atoms with Gasteiger partial charge in [0.2, 0.25) is 0 Å². The fourth-order valence-corrected chi connectivity index (χ4v) is 3.49. The lowest BCUT2D eigenvalue weighted by Crippen LogP contribution is -2.46.